The maximum atomic E-state index is 12.4. The number of fused-ring (bicyclic) bond motifs is 1. The summed E-state index contributed by atoms with van der Waals surface area (Å²) in [5.41, 5.74) is 0.941. The number of hydrogen-bond donors (Lipinski definition) is 1. The third-order valence-corrected chi connectivity index (χ3v) is 6.01. The molecule has 1 aromatic carbocycles. The molecule has 1 saturated heterocycles. The maximum Gasteiger partial charge on any atom is 0.240 e. The SMILES string of the molecule is O=C(CN1C(=O)[C@H]2CCCC[C@H]2C1=O)NCc1ccc(-c2ccc(Br)cc2)o1. The molecule has 1 aliphatic carbocycles. The molecular formula is C21H21BrN2O4. The molecule has 28 heavy (non-hydrogen) atoms. The fourth-order valence-corrected chi connectivity index (χ4v) is 4.28. The molecule has 0 unspecified atom stereocenters. The van der Waals surface area contributed by atoms with Crippen LogP contribution in [0.15, 0.2) is 45.3 Å². The van der Waals surface area contributed by atoms with Crippen molar-refractivity contribution in [2.75, 3.05) is 6.54 Å². The van der Waals surface area contributed by atoms with Gasteiger partial charge in [-0.2, -0.15) is 0 Å². The van der Waals surface area contributed by atoms with Crippen molar-refractivity contribution in [2.45, 2.75) is 32.2 Å². The fourth-order valence-electron chi connectivity index (χ4n) is 4.01. The van der Waals surface area contributed by atoms with Gasteiger partial charge in [0.1, 0.15) is 18.1 Å². The first-order valence-corrected chi connectivity index (χ1v) is 10.3. The van der Waals surface area contributed by atoms with Crippen molar-refractivity contribution in [1.29, 1.82) is 0 Å². The molecule has 0 bridgehead atoms. The summed E-state index contributed by atoms with van der Waals surface area (Å²) < 4.78 is 6.76. The standard InChI is InChI=1S/C21H21BrN2O4/c22-14-7-5-13(6-8-14)18-10-9-15(28-18)11-23-19(25)12-24-20(26)16-3-1-2-4-17(16)21(24)27/h5-10,16-17H,1-4,11-12H2,(H,23,25)/t16-,17+. The van der Waals surface area contributed by atoms with Crippen LogP contribution in [0, 0.1) is 11.8 Å². The smallest absolute Gasteiger partial charge is 0.240 e. The van der Waals surface area contributed by atoms with E-state index in [-0.39, 0.29) is 42.6 Å². The van der Waals surface area contributed by atoms with Crippen LogP contribution >= 0.6 is 15.9 Å². The summed E-state index contributed by atoms with van der Waals surface area (Å²) in [4.78, 5) is 38.3. The molecule has 0 spiro atoms. The number of hydrogen-bond acceptors (Lipinski definition) is 4. The van der Waals surface area contributed by atoms with Gasteiger partial charge in [0.05, 0.1) is 18.4 Å². The van der Waals surface area contributed by atoms with E-state index in [4.69, 9.17) is 4.42 Å². The summed E-state index contributed by atoms with van der Waals surface area (Å²) in [5, 5.41) is 2.74. The Morgan fingerprint density at radius 3 is 2.32 bits per heavy atom. The minimum atomic E-state index is -0.359. The molecular weight excluding hydrogens is 424 g/mol. The van der Waals surface area contributed by atoms with E-state index in [9.17, 15) is 14.4 Å². The molecule has 2 aliphatic rings. The molecule has 2 fully saturated rings. The molecule has 1 N–H and O–H groups in total. The third-order valence-electron chi connectivity index (χ3n) is 5.48. The highest BCUT2D eigenvalue weighted by Crippen LogP contribution is 2.37. The van der Waals surface area contributed by atoms with Crippen LogP contribution in [0.4, 0.5) is 0 Å². The van der Waals surface area contributed by atoms with Gasteiger partial charge in [0.25, 0.3) is 0 Å². The van der Waals surface area contributed by atoms with E-state index in [0.717, 1.165) is 40.6 Å². The van der Waals surface area contributed by atoms with E-state index in [2.05, 4.69) is 21.2 Å². The van der Waals surface area contributed by atoms with Crippen LogP contribution in [0.2, 0.25) is 0 Å². The van der Waals surface area contributed by atoms with Gasteiger partial charge < -0.3 is 9.73 Å². The third kappa shape index (κ3) is 3.76. The fraction of sp³-hybridized carbons (Fsp3) is 0.381. The summed E-state index contributed by atoms with van der Waals surface area (Å²) in [7, 11) is 0. The van der Waals surface area contributed by atoms with Crippen molar-refractivity contribution < 1.29 is 18.8 Å². The van der Waals surface area contributed by atoms with Crippen molar-refractivity contribution >= 4 is 33.7 Å². The predicted octanol–water partition coefficient (Wildman–Crippen LogP) is 3.50. The number of likely N-dealkylation sites (tertiary alicyclic amines) is 1. The minimum absolute atomic E-state index is 0.194. The Hall–Kier alpha value is -2.41. The van der Waals surface area contributed by atoms with Gasteiger partial charge in [0.2, 0.25) is 17.7 Å². The van der Waals surface area contributed by atoms with Crippen LogP contribution < -0.4 is 5.32 Å². The average molecular weight is 445 g/mol. The molecule has 2 heterocycles. The Kier molecular flexibility index (Phi) is 5.35. The van der Waals surface area contributed by atoms with E-state index in [0.29, 0.717) is 11.5 Å². The lowest BCUT2D eigenvalue weighted by molar-refractivity contribution is -0.143. The van der Waals surface area contributed by atoms with E-state index in [1.807, 2.05) is 30.3 Å². The van der Waals surface area contributed by atoms with Crippen LogP contribution in [0.5, 0.6) is 0 Å². The first-order chi connectivity index (χ1) is 13.5. The maximum absolute atomic E-state index is 12.4. The number of halogens is 1. The second-order valence-electron chi connectivity index (χ2n) is 7.31. The monoisotopic (exact) mass is 444 g/mol. The van der Waals surface area contributed by atoms with Crippen molar-refractivity contribution in [2.24, 2.45) is 11.8 Å². The van der Waals surface area contributed by atoms with E-state index in [1.165, 1.54) is 0 Å². The molecule has 7 heteroatoms. The number of nitrogens with zero attached hydrogens (tertiary/aromatic N) is 1. The van der Waals surface area contributed by atoms with Crippen LogP contribution in [-0.4, -0.2) is 29.2 Å². The topological polar surface area (TPSA) is 79.6 Å². The highest BCUT2D eigenvalue weighted by Gasteiger charge is 2.48. The molecule has 1 saturated carbocycles. The minimum Gasteiger partial charge on any atom is -0.459 e. The highest BCUT2D eigenvalue weighted by molar-refractivity contribution is 9.10. The summed E-state index contributed by atoms with van der Waals surface area (Å²) in [6, 6.07) is 11.4. The lowest BCUT2D eigenvalue weighted by Crippen LogP contribution is -2.40. The summed E-state index contributed by atoms with van der Waals surface area (Å²) in [6.45, 7) is -0.0105. The number of benzene rings is 1. The molecule has 1 aromatic heterocycles. The zero-order valence-corrected chi connectivity index (χ0v) is 16.9. The van der Waals surface area contributed by atoms with Gasteiger partial charge in [-0.1, -0.05) is 40.9 Å². The lowest BCUT2D eigenvalue weighted by atomic mass is 9.81. The van der Waals surface area contributed by atoms with Crippen LogP contribution in [-0.2, 0) is 20.9 Å². The quantitative estimate of drug-likeness (QED) is 0.715. The van der Waals surface area contributed by atoms with Gasteiger partial charge in [-0.25, -0.2) is 0 Å². The zero-order chi connectivity index (χ0) is 19.7. The number of nitrogens with one attached hydrogen (secondary N) is 1. The van der Waals surface area contributed by atoms with Gasteiger partial charge in [-0.05, 0) is 37.1 Å². The summed E-state index contributed by atoms with van der Waals surface area (Å²) in [5.74, 6) is 0.118. The molecule has 4 rings (SSSR count). The first kappa shape index (κ1) is 18.9. The molecule has 2 atom stereocenters. The predicted molar refractivity (Wildman–Crippen MR) is 106 cm³/mol. The van der Waals surface area contributed by atoms with Gasteiger partial charge >= 0.3 is 0 Å². The number of imide groups is 1. The van der Waals surface area contributed by atoms with Gasteiger partial charge in [-0.3, -0.25) is 19.3 Å². The Morgan fingerprint density at radius 1 is 1.04 bits per heavy atom. The molecule has 3 amide bonds. The van der Waals surface area contributed by atoms with Crippen molar-refractivity contribution in [3.63, 3.8) is 0 Å². The Morgan fingerprint density at radius 2 is 1.68 bits per heavy atom. The van der Waals surface area contributed by atoms with Gasteiger partial charge in [0, 0.05) is 10.0 Å². The Bertz CT molecular complexity index is 881. The second kappa shape index (κ2) is 7.91. The normalized spacial score (nSPS) is 21.7. The zero-order valence-electron chi connectivity index (χ0n) is 15.3. The highest BCUT2D eigenvalue weighted by atomic mass is 79.9. The van der Waals surface area contributed by atoms with Crippen molar-refractivity contribution in [3.8, 4) is 11.3 Å². The van der Waals surface area contributed by atoms with E-state index >= 15 is 0 Å². The number of amides is 3. The largest absolute Gasteiger partial charge is 0.459 e. The van der Waals surface area contributed by atoms with Crippen molar-refractivity contribution in [1.82, 2.24) is 10.2 Å². The Balaban J connectivity index is 1.33. The lowest BCUT2D eigenvalue weighted by Gasteiger charge is -2.19. The molecule has 0 radical (unpaired) electrons. The number of carbonyl (C=O) groups excluding carboxylic acids is 3. The number of carbonyl (C=O) groups is 3. The second-order valence-corrected chi connectivity index (χ2v) is 8.23. The van der Waals surface area contributed by atoms with E-state index in [1.54, 1.807) is 6.07 Å². The number of furan rings is 1. The molecule has 146 valence electrons. The van der Waals surface area contributed by atoms with E-state index < -0.39 is 0 Å². The Labute approximate surface area is 171 Å². The molecule has 2 aromatic rings. The average Bonchev–Trinajstić information content (AvgIpc) is 3.27. The number of rotatable bonds is 5. The van der Waals surface area contributed by atoms with Crippen LogP contribution in [0.25, 0.3) is 11.3 Å². The van der Waals surface area contributed by atoms with Crippen molar-refractivity contribution in [3.05, 3.63) is 46.6 Å². The summed E-state index contributed by atoms with van der Waals surface area (Å²) in [6.07, 6.45) is 3.44. The molecule has 6 nitrogen and oxygen atoms in total. The van der Waals surface area contributed by atoms with Crippen LogP contribution in [0.1, 0.15) is 31.4 Å². The first-order valence-electron chi connectivity index (χ1n) is 9.49. The molecule has 1 aliphatic heterocycles. The summed E-state index contributed by atoms with van der Waals surface area (Å²) >= 11 is 3.40. The van der Waals surface area contributed by atoms with Gasteiger partial charge in [-0.15, -0.1) is 0 Å². The van der Waals surface area contributed by atoms with Gasteiger partial charge in [0.15, 0.2) is 0 Å². The van der Waals surface area contributed by atoms with Crippen LogP contribution in [0.3, 0.4) is 0 Å².